The fraction of sp³-hybridized carbons (Fsp3) is 0.742. The summed E-state index contributed by atoms with van der Waals surface area (Å²) < 4.78 is 48.3. The van der Waals surface area contributed by atoms with E-state index in [2.05, 4.69) is 6.92 Å². The van der Waals surface area contributed by atoms with Crippen LogP contribution in [0.2, 0.25) is 0 Å². The van der Waals surface area contributed by atoms with Crippen LogP contribution in [0.5, 0.6) is 0 Å². The molecule has 0 saturated carbocycles. The van der Waals surface area contributed by atoms with Gasteiger partial charge in [0.25, 0.3) is 0 Å². The fourth-order valence-corrected chi connectivity index (χ4v) is 3.43. The first-order valence-corrected chi connectivity index (χ1v) is 15.2. The summed E-state index contributed by atoms with van der Waals surface area (Å²) in [7, 11) is 0. The normalized spacial score (nSPS) is 11.1. The summed E-state index contributed by atoms with van der Waals surface area (Å²) in [5.74, 6) is -0.508. The summed E-state index contributed by atoms with van der Waals surface area (Å²) in [6, 6.07) is 8.84. The van der Waals surface area contributed by atoms with Crippen molar-refractivity contribution in [2.45, 2.75) is 45.4 Å². The zero-order chi connectivity index (χ0) is 30.2. The largest absolute Gasteiger partial charge is 0.463 e. The summed E-state index contributed by atoms with van der Waals surface area (Å²) in [5.41, 5.74) is 0.524. The summed E-state index contributed by atoms with van der Waals surface area (Å²) in [5, 5.41) is 0. The number of unbranched alkanes of at least 4 members (excludes halogenated alkanes) is 4. The SMILES string of the molecule is CCCCCCCC(=O)OCCOCCOCCOCCOCCOCCOCCOCCOC(=O)c1ccccc1. The van der Waals surface area contributed by atoms with Gasteiger partial charge in [0, 0.05) is 6.42 Å². The topological polar surface area (TPSA) is 117 Å². The van der Waals surface area contributed by atoms with Gasteiger partial charge in [0.1, 0.15) is 13.2 Å². The lowest BCUT2D eigenvalue weighted by Crippen LogP contribution is -2.15. The molecule has 0 spiro atoms. The monoisotopic (exact) mass is 600 g/mol. The summed E-state index contributed by atoms with van der Waals surface area (Å²) in [4.78, 5) is 23.4. The predicted octanol–water partition coefficient (Wildman–Crippen LogP) is 3.86. The minimum absolute atomic E-state index is 0.151. The van der Waals surface area contributed by atoms with Crippen molar-refractivity contribution >= 4 is 11.9 Å². The second-order valence-corrected chi connectivity index (χ2v) is 9.17. The average molecular weight is 601 g/mol. The Balaban J connectivity index is 1.67. The highest BCUT2D eigenvalue weighted by Crippen LogP contribution is 2.05. The molecule has 0 aliphatic carbocycles. The molecule has 0 amide bonds. The van der Waals surface area contributed by atoms with E-state index in [9.17, 15) is 9.59 Å². The molecule has 0 aromatic heterocycles. The molecule has 0 saturated heterocycles. The van der Waals surface area contributed by atoms with Gasteiger partial charge in [0.05, 0.1) is 98.1 Å². The first-order valence-electron chi connectivity index (χ1n) is 15.2. The number of rotatable bonds is 31. The van der Waals surface area contributed by atoms with Crippen LogP contribution in [0.25, 0.3) is 0 Å². The van der Waals surface area contributed by atoms with E-state index < -0.39 is 0 Å². The van der Waals surface area contributed by atoms with Gasteiger partial charge in [0.2, 0.25) is 0 Å². The molecule has 1 aromatic carbocycles. The minimum Gasteiger partial charge on any atom is -0.463 e. The number of ether oxygens (including phenoxy) is 9. The highest BCUT2D eigenvalue weighted by atomic mass is 16.6. The van der Waals surface area contributed by atoms with E-state index in [1.54, 1.807) is 24.3 Å². The van der Waals surface area contributed by atoms with Crippen molar-refractivity contribution in [3.63, 3.8) is 0 Å². The van der Waals surface area contributed by atoms with Gasteiger partial charge < -0.3 is 42.6 Å². The standard InChI is InChI=1S/C31H52O11/c1-2-3-4-5-9-12-30(32)41-27-25-39-23-21-37-19-17-35-15-13-34-14-16-36-18-20-38-22-24-40-26-28-42-31(33)29-10-7-6-8-11-29/h6-8,10-11H,2-5,9,12-28H2,1H3. The van der Waals surface area contributed by atoms with Gasteiger partial charge >= 0.3 is 11.9 Å². The highest BCUT2D eigenvalue weighted by Gasteiger charge is 2.05. The van der Waals surface area contributed by atoms with E-state index in [1.165, 1.54) is 19.3 Å². The van der Waals surface area contributed by atoms with Gasteiger partial charge in [0.15, 0.2) is 0 Å². The first kappa shape index (κ1) is 37.9. The third-order valence-electron chi connectivity index (χ3n) is 5.68. The second-order valence-electron chi connectivity index (χ2n) is 9.17. The molecule has 0 aliphatic rings. The van der Waals surface area contributed by atoms with Crippen LogP contribution in [-0.4, -0.2) is 118 Å². The van der Waals surface area contributed by atoms with Crippen LogP contribution in [0.4, 0.5) is 0 Å². The van der Waals surface area contributed by atoms with Crippen molar-refractivity contribution in [3.05, 3.63) is 35.9 Å². The molecule has 1 aromatic rings. The Kier molecular flexibility index (Phi) is 27.4. The third kappa shape index (κ3) is 25.6. The van der Waals surface area contributed by atoms with Gasteiger partial charge in [-0.25, -0.2) is 4.79 Å². The lowest BCUT2D eigenvalue weighted by atomic mass is 10.1. The van der Waals surface area contributed by atoms with Gasteiger partial charge in [-0.1, -0.05) is 50.8 Å². The fourth-order valence-electron chi connectivity index (χ4n) is 3.43. The molecule has 0 bridgehead atoms. The van der Waals surface area contributed by atoms with E-state index in [4.69, 9.17) is 42.6 Å². The molecule has 0 unspecified atom stereocenters. The smallest absolute Gasteiger partial charge is 0.338 e. The summed E-state index contributed by atoms with van der Waals surface area (Å²) in [6.45, 7) is 8.96. The molecule has 0 atom stereocenters. The minimum atomic E-state index is -0.357. The molecule has 11 heteroatoms. The molecule has 11 nitrogen and oxygen atoms in total. The summed E-state index contributed by atoms with van der Waals surface area (Å²) in [6.07, 6.45) is 6.06. The van der Waals surface area contributed by atoms with E-state index >= 15 is 0 Å². The Bertz CT molecular complexity index is 733. The quantitative estimate of drug-likeness (QED) is 0.0913. The lowest BCUT2D eigenvalue weighted by Gasteiger charge is -2.09. The van der Waals surface area contributed by atoms with Crippen molar-refractivity contribution in [3.8, 4) is 0 Å². The highest BCUT2D eigenvalue weighted by molar-refractivity contribution is 5.89. The zero-order valence-corrected chi connectivity index (χ0v) is 25.4. The number of esters is 2. The Hall–Kier alpha value is -2.12. The molecular formula is C31H52O11. The van der Waals surface area contributed by atoms with Gasteiger partial charge in [-0.05, 0) is 18.6 Å². The molecule has 0 N–H and O–H groups in total. The maximum Gasteiger partial charge on any atom is 0.338 e. The molecule has 0 aliphatic heterocycles. The average Bonchev–Trinajstić information content (AvgIpc) is 3.01. The Morgan fingerprint density at radius 3 is 1.29 bits per heavy atom. The van der Waals surface area contributed by atoms with Gasteiger partial charge in [-0.3, -0.25) is 4.79 Å². The van der Waals surface area contributed by atoms with Crippen LogP contribution in [0.1, 0.15) is 55.8 Å². The third-order valence-corrected chi connectivity index (χ3v) is 5.68. The van der Waals surface area contributed by atoms with E-state index in [1.807, 2.05) is 6.07 Å². The zero-order valence-electron chi connectivity index (χ0n) is 25.4. The van der Waals surface area contributed by atoms with Crippen LogP contribution >= 0.6 is 0 Å². The molecular weight excluding hydrogens is 548 g/mol. The second kappa shape index (κ2) is 30.3. The lowest BCUT2D eigenvalue weighted by molar-refractivity contribution is -0.145. The van der Waals surface area contributed by atoms with Crippen molar-refractivity contribution in [1.82, 2.24) is 0 Å². The number of hydrogen-bond acceptors (Lipinski definition) is 11. The maximum absolute atomic E-state index is 11.8. The van der Waals surface area contributed by atoms with Crippen molar-refractivity contribution in [2.75, 3.05) is 106 Å². The van der Waals surface area contributed by atoms with Crippen LogP contribution in [0.15, 0.2) is 30.3 Å². The molecule has 0 fully saturated rings. The molecule has 0 heterocycles. The Labute approximate surface area is 251 Å². The number of carbonyl (C=O) groups excluding carboxylic acids is 2. The van der Waals surface area contributed by atoms with Crippen LogP contribution < -0.4 is 0 Å². The maximum atomic E-state index is 11.8. The first-order chi connectivity index (χ1) is 20.7. The predicted molar refractivity (Wildman–Crippen MR) is 157 cm³/mol. The van der Waals surface area contributed by atoms with Crippen molar-refractivity contribution < 1.29 is 52.2 Å². The Morgan fingerprint density at radius 1 is 0.476 bits per heavy atom. The van der Waals surface area contributed by atoms with Crippen LogP contribution in [0.3, 0.4) is 0 Å². The van der Waals surface area contributed by atoms with Crippen molar-refractivity contribution in [1.29, 1.82) is 0 Å². The number of benzene rings is 1. The number of carbonyl (C=O) groups is 2. The molecule has 242 valence electrons. The van der Waals surface area contributed by atoms with E-state index in [-0.39, 0.29) is 25.2 Å². The molecule has 1 rings (SSSR count). The Morgan fingerprint density at radius 2 is 0.857 bits per heavy atom. The van der Waals surface area contributed by atoms with Gasteiger partial charge in [-0.2, -0.15) is 0 Å². The van der Waals surface area contributed by atoms with Crippen LogP contribution in [-0.2, 0) is 47.4 Å². The molecule has 0 radical (unpaired) electrons. The summed E-state index contributed by atoms with van der Waals surface area (Å²) >= 11 is 0. The van der Waals surface area contributed by atoms with Gasteiger partial charge in [-0.15, -0.1) is 0 Å². The molecule has 42 heavy (non-hydrogen) atoms. The number of hydrogen-bond donors (Lipinski definition) is 0. The van der Waals surface area contributed by atoms with Crippen molar-refractivity contribution in [2.24, 2.45) is 0 Å². The van der Waals surface area contributed by atoms with E-state index in [0.717, 1.165) is 12.8 Å². The van der Waals surface area contributed by atoms with Crippen LogP contribution in [0, 0.1) is 0 Å². The van der Waals surface area contributed by atoms with E-state index in [0.29, 0.717) is 104 Å².